The molecule has 0 saturated heterocycles. The van der Waals surface area contributed by atoms with Crippen LogP contribution in [-0.2, 0) is 6.54 Å². The van der Waals surface area contributed by atoms with E-state index < -0.39 is 0 Å². The first-order chi connectivity index (χ1) is 7.33. The first kappa shape index (κ1) is 12.1. The van der Waals surface area contributed by atoms with Crippen LogP contribution in [0.3, 0.4) is 0 Å². The minimum absolute atomic E-state index is 0.497. The average molecular weight is 207 g/mol. The van der Waals surface area contributed by atoms with Crippen LogP contribution in [-0.4, -0.2) is 24.1 Å². The highest BCUT2D eigenvalue weighted by Crippen LogP contribution is 1.95. The summed E-state index contributed by atoms with van der Waals surface area (Å²) in [5.41, 5.74) is 1.24. The van der Waals surface area contributed by atoms with Gasteiger partial charge in [0, 0.05) is 31.5 Å². The molecule has 0 amide bonds. The highest BCUT2D eigenvalue weighted by atomic mass is 15.0. The van der Waals surface area contributed by atoms with Crippen LogP contribution in [0.25, 0.3) is 0 Å². The Morgan fingerprint density at radius 3 is 3.00 bits per heavy atom. The van der Waals surface area contributed by atoms with E-state index >= 15 is 0 Å². The van der Waals surface area contributed by atoms with Gasteiger partial charge in [0.2, 0.25) is 0 Å². The zero-order valence-electron chi connectivity index (χ0n) is 9.66. The predicted molar refractivity (Wildman–Crippen MR) is 63.7 cm³/mol. The number of pyridine rings is 1. The molecule has 0 aliphatic carbocycles. The Hall–Kier alpha value is -0.930. The first-order valence-electron chi connectivity index (χ1n) is 5.66. The van der Waals surface area contributed by atoms with E-state index in [0.717, 1.165) is 19.6 Å². The minimum atomic E-state index is 0.497. The van der Waals surface area contributed by atoms with Crippen molar-refractivity contribution in [2.24, 2.45) is 0 Å². The maximum Gasteiger partial charge on any atom is 0.0312 e. The number of hydrogen-bond donors (Lipinski definition) is 2. The summed E-state index contributed by atoms with van der Waals surface area (Å²) < 4.78 is 0. The second-order valence-electron chi connectivity index (χ2n) is 3.85. The van der Waals surface area contributed by atoms with Gasteiger partial charge < -0.3 is 10.6 Å². The molecule has 0 bridgehead atoms. The van der Waals surface area contributed by atoms with Gasteiger partial charge in [-0.1, -0.05) is 13.0 Å². The second-order valence-corrected chi connectivity index (χ2v) is 3.85. The molecule has 0 aliphatic heterocycles. The fourth-order valence-electron chi connectivity index (χ4n) is 1.36. The summed E-state index contributed by atoms with van der Waals surface area (Å²) in [5, 5.41) is 6.85. The Balaban J connectivity index is 2.14. The zero-order valence-corrected chi connectivity index (χ0v) is 9.66. The Morgan fingerprint density at radius 1 is 1.47 bits per heavy atom. The monoisotopic (exact) mass is 207 g/mol. The lowest BCUT2D eigenvalue weighted by Crippen LogP contribution is -2.36. The molecule has 0 radical (unpaired) electrons. The molecule has 0 fully saturated rings. The Kier molecular flexibility index (Phi) is 5.97. The zero-order chi connectivity index (χ0) is 10.9. The average Bonchev–Trinajstić information content (AvgIpc) is 2.28. The molecule has 3 nitrogen and oxygen atoms in total. The van der Waals surface area contributed by atoms with Crippen LogP contribution >= 0.6 is 0 Å². The molecule has 2 N–H and O–H groups in total. The highest BCUT2D eigenvalue weighted by molar-refractivity contribution is 5.07. The molecule has 0 saturated carbocycles. The molecular weight excluding hydrogens is 186 g/mol. The molecule has 1 unspecified atom stereocenters. The Morgan fingerprint density at radius 2 is 2.33 bits per heavy atom. The van der Waals surface area contributed by atoms with Crippen molar-refractivity contribution in [3.05, 3.63) is 30.1 Å². The standard InChI is InChI=1S/C12H21N3/c1-3-6-13-8-11(2)15-10-12-5-4-7-14-9-12/h4-5,7,9,11,13,15H,3,6,8,10H2,1-2H3. The van der Waals surface area contributed by atoms with Gasteiger partial charge in [0.15, 0.2) is 0 Å². The van der Waals surface area contributed by atoms with Gasteiger partial charge in [-0.25, -0.2) is 0 Å². The Labute approximate surface area is 92.3 Å². The normalized spacial score (nSPS) is 12.7. The van der Waals surface area contributed by atoms with E-state index in [1.807, 2.05) is 12.3 Å². The summed E-state index contributed by atoms with van der Waals surface area (Å²) in [7, 11) is 0. The van der Waals surface area contributed by atoms with Gasteiger partial charge in [-0.3, -0.25) is 4.98 Å². The van der Waals surface area contributed by atoms with Crippen LogP contribution < -0.4 is 10.6 Å². The number of nitrogens with one attached hydrogen (secondary N) is 2. The Bertz CT molecular complexity index is 248. The van der Waals surface area contributed by atoms with Crippen LogP contribution in [0.5, 0.6) is 0 Å². The molecule has 3 heteroatoms. The lowest BCUT2D eigenvalue weighted by Gasteiger charge is -2.14. The smallest absolute Gasteiger partial charge is 0.0312 e. The van der Waals surface area contributed by atoms with Crippen molar-refractivity contribution in [2.45, 2.75) is 32.9 Å². The van der Waals surface area contributed by atoms with Gasteiger partial charge in [-0.15, -0.1) is 0 Å². The van der Waals surface area contributed by atoms with E-state index in [0.29, 0.717) is 6.04 Å². The van der Waals surface area contributed by atoms with Gasteiger partial charge in [0.25, 0.3) is 0 Å². The quantitative estimate of drug-likeness (QED) is 0.666. The third-order valence-corrected chi connectivity index (χ3v) is 2.25. The van der Waals surface area contributed by atoms with E-state index in [4.69, 9.17) is 0 Å². The van der Waals surface area contributed by atoms with Crippen molar-refractivity contribution < 1.29 is 0 Å². The topological polar surface area (TPSA) is 37.0 Å². The minimum Gasteiger partial charge on any atom is -0.315 e. The summed E-state index contributed by atoms with van der Waals surface area (Å²) in [6, 6.07) is 4.56. The van der Waals surface area contributed by atoms with Crippen LogP contribution in [0, 0.1) is 0 Å². The van der Waals surface area contributed by atoms with Crippen molar-refractivity contribution >= 4 is 0 Å². The third kappa shape index (κ3) is 5.50. The van der Waals surface area contributed by atoms with E-state index in [9.17, 15) is 0 Å². The molecule has 1 rings (SSSR count). The molecule has 0 aromatic carbocycles. The van der Waals surface area contributed by atoms with Crippen molar-refractivity contribution in [1.29, 1.82) is 0 Å². The van der Waals surface area contributed by atoms with E-state index in [1.54, 1.807) is 6.20 Å². The molecule has 1 aromatic rings. The number of nitrogens with zero attached hydrogens (tertiary/aromatic N) is 1. The first-order valence-corrected chi connectivity index (χ1v) is 5.66. The van der Waals surface area contributed by atoms with Crippen LogP contribution in [0.4, 0.5) is 0 Å². The summed E-state index contributed by atoms with van der Waals surface area (Å²) in [6.45, 7) is 7.38. The van der Waals surface area contributed by atoms with Crippen molar-refractivity contribution in [1.82, 2.24) is 15.6 Å². The molecule has 0 spiro atoms. The fraction of sp³-hybridized carbons (Fsp3) is 0.583. The van der Waals surface area contributed by atoms with Gasteiger partial charge >= 0.3 is 0 Å². The van der Waals surface area contributed by atoms with E-state index in [2.05, 4.69) is 35.5 Å². The van der Waals surface area contributed by atoms with Gasteiger partial charge in [-0.05, 0) is 31.5 Å². The molecular formula is C12H21N3. The molecule has 15 heavy (non-hydrogen) atoms. The van der Waals surface area contributed by atoms with E-state index in [-0.39, 0.29) is 0 Å². The number of hydrogen-bond acceptors (Lipinski definition) is 3. The summed E-state index contributed by atoms with van der Waals surface area (Å²) >= 11 is 0. The molecule has 84 valence electrons. The lowest BCUT2D eigenvalue weighted by atomic mass is 10.2. The summed E-state index contributed by atoms with van der Waals surface area (Å²) in [4.78, 5) is 4.08. The summed E-state index contributed by atoms with van der Waals surface area (Å²) in [5.74, 6) is 0. The highest BCUT2D eigenvalue weighted by Gasteiger charge is 1.99. The molecule has 1 aromatic heterocycles. The summed E-state index contributed by atoms with van der Waals surface area (Å²) in [6.07, 6.45) is 4.89. The van der Waals surface area contributed by atoms with Crippen LogP contribution in [0.2, 0.25) is 0 Å². The lowest BCUT2D eigenvalue weighted by molar-refractivity contribution is 0.501. The molecule has 0 aliphatic rings. The number of aromatic nitrogens is 1. The maximum atomic E-state index is 4.08. The fourth-order valence-corrected chi connectivity index (χ4v) is 1.36. The SMILES string of the molecule is CCCNCC(C)NCc1cccnc1. The largest absolute Gasteiger partial charge is 0.315 e. The van der Waals surface area contributed by atoms with Crippen molar-refractivity contribution in [2.75, 3.05) is 13.1 Å². The predicted octanol–water partition coefficient (Wildman–Crippen LogP) is 1.56. The van der Waals surface area contributed by atoms with Gasteiger partial charge in [0.1, 0.15) is 0 Å². The maximum absolute atomic E-state index is 4.08. The van der Waals surface area contributed by atoms with Crippen LogP contribution in [0.1, 0.15) is 25.8 Å². The van der Waals surface area contributed by atoms with Crippen molar-refractivity contribution in [3.63, 3.8) is 0 Å². The molecule has 1 atom stereocenters. The van der Waals surface area contributed by atoms with Crippen LogP contribution in [0.15, 0.2) is 24.5 Å². The third-order valence-electron chi connectivity index (χ3n) is 2.25. The van der Waals surface area contributed by atoms with E-state index in [1.165, 1.54) is 12.0 Å². The number of rotatable bonds is 7. The van der Waals surface area contributed by atoms with Gasteiger partial charge in [0.05, 0.1) is 0 Å². The van der Waals surface area contributed by atoms with Crippen molar-refractivity contribution in [3.8, 4) is 0 Å². The molecule has 1 heterocycles. The second kappa shape index (κ2) is 7.37. The van der Waals surface area contributed by atoms with Gasteiger partial charge in [-0.2, -0.15) is 0 Å².